The van der Waals surface area contributed by atoms with Gasteiger partial charge in [0.05, 0.1) is 11.8 Å². The molecule has 0 saturated heterocycles. The molecule has 0 unspecified atom stereocenters. The Morgan fingerprint density at radius 3 is 2.50 bits per heavy atom. The topological polar surface area (TPSA) is 91.9 Å². The molecule has 2 N–H and O–H groups in total. The average Bonchev–Trinajstić information content (AvgIpc) is 3.10. The minimum atomic E-state index is -0.987. The second-order valence-corrected chi connectivity index (χ2v) is 5.73. The van der Waals surface area contributed by atoms with Crippen LogP contribution in [-0.4, -0.2) is 23.2 Å². The Morgan fingerprint density at radius 1 is 1.04 bits per heavy atom. The molecule has 0 saturated carbocycles. The molecule has 0 fully saturated rings. The van der Waals surface area contributed by atoms with Gasteiger partial charge in [-0.25, -0.2) is 10.2 Å². The molecule has 0 aliphatic rings. The highest BCUT2D eigenvalue weighted by molar-refractivity contribution is 6.30. The van der Waals surface area contributed by atoms with Crippen LogP contribution in [0.3, 0.4) is 0 Å². The fourth-order valence-electron chi connectivity index (χ4n) is 2.20. The summed E-state index contributed by atoms with van der Waals surface area (Å²) in [4.78, 5) is 22.8. The van der Waals surface area contributed by atoms with Gasteiger partial charge in [0.2, 0.25) is 0 Å². The van der Waals surface area contributed by atoms with Crippen molar-refractivity contribution in [1.29, 1.82) is 0 Å². The number of nitrogens with zero attached hydrogens (tertiary/aromatic N) is 1. The van der Waals surface area contributed by atoms with Crippen LogP contribution in [0.1, 0.15) is 26.5 Å². The van der Waals surface area contributed by atoms with Crippen LogP contribution >= 0.6 is 11.6 Å². The molecular weight excluding hydrogens is 356 g/mol. The maximum atomic E-state index is 11.9. The second kappa shape index (κ2) is 7.67. The maximum Gasteiger partial charge on any atom is 0.335 e. The molecule has 1 amide bonds. The highest BCUT2D eigenvalue weighted by Crippen LogP contribution is 2.22. The van der Waals surface area contributed by atoms with Gasteiger partial charge in [0.15, 0.2) is 0 Å². The van der Waals surface area contributed by atoms with Crippen molar-refractivity contribution in [2.75, 3.05) is 0 Å². The number of halogens is 1. The molecule has 1 heterocycles. The normalized spacial score (nSPS) is 10.8. The summed E-state index contributed by atoms with van der Waals surface area (Å²) in [5, 5.41) is 13.2. The minimum Gasteiger partial charge on any atom is -0.478 e. The third-order valence-corrected chi connectivity index (χ3v) is 3.72. The quantitative estimate of drug-likeness (QED) is 0.524. The lowest BCUT2D eigenvalue weighted by molar-refractivity contribution is 0.0696. The number of nitrogens with one attached hydrogen (secondary N) is 1. The number of furan rings is 1. The molecule has 0 spiro atoms. The fraction of sp³-hybridized carbons (Fsp3) is 0. The summed E-state index contributed by atoms with van der Waals surface area (Å²) in [5.74, 6) is -0.377. The lowest BCUT2D eigenvalue weighted by Gasteiger charge is -1.99. The van der Waals surface area contributed by atoms with Gasteiger partial charge in [-0.15, -0.1) is 0 Å². The number of carbonyl (C=O) groups excluding carboxylic acids is 1. The first kappa shape index (κ1) is 17.4. The van der Waals surface area contributed by atoms with Crippen molar-refractivity contribution >= 4 is 29.7 Å². The molecular formula is C19H13ClN2O4. The van der Waals surface area contributed by atoms with E-state index in [4.69, 9.17) is 21.1 Å². The second-order valence-electron chi connectivity index (χ2n) is 5.29. The van der Waals surface area contributed by atoms with E-state index in [0.29, 0.717) is 22.1 Å². The Balaban J connectivity index is 1.65. The molecule has 26 heavy (non-hydrogen) atoms. The van der Waals surface area contributed by atoms with Crippen LogP contribution in [0.4, 0.5) is 0 Å². The molecule has 0 aliphatic heterocycles. The Morgan fingerprint density at radius 2 is 1.81 bits per heavy atom. The van der Waals surface area contributed by atoms with Gasteiger partial charge in [-0.05, 0) is 42.5 Å². The molecule has 0 aliphatic carbocycles. The number of rotatable bonds is 5. The van der Waals surface area contributed by atoms with Gasteiger partial charge >= 0.3 is 5.97 Å². The van der Waals surface area contributed by atoms with E-state index in [1.54, 1.807) is 42.5 Å². The van der Waals surface area contributed by atoms with Crippen LogP contribution in [0.5, 0.6) is 0 Å². The average molecular weight is 369 g/mol. The van der Waals surface area contributed by atoms with Crippen molar-refractivity contribution in [3.05, 3.63) is 82.6 Å². The van der Waals surface area contributed by atoms with Crippen molar-refractivity contribution in [2.45, 2.75) is 0 Å². The molecule has 0 atom stereocenters. The zero-order chi connectivity index (χ0) is 18.5. The van der Waals surface area contributed by atoms with Gasteiger partial charge in [-0.2, -0.15) is 5.10 Å². The van der Waals surface area contributed by atoms with Crippen LogP contribution < -0.4 is 5.43 Å². The molecule has 6 nitrogen and oxygen atoms in total. The van der Waals surface area contributed by atoms with Crippen molar-refractivity contribution < 1.29 is 19.1 Å². The molecule has 1 aromatic heterocycles. The number of hydrogen-bond donors (Lipinski definition) is 2. The molecule has 0 bridgehead atoms. The number of amides is 1. The summed E-state index contributed by atoms with van der Waals surface area (Å²) in [6, 6.07) is 16.3. The summed E-state index contributed by atoms with van der Waals surface area (Å²) in [7, 11) is 0. The summed E-state index contributed by atoms with van der Waals surface area (Å²) >= 11 is 5.84. The van der Waals surface area contributed by atoms with Crippen molar-refractivity contribution in [3.63, 3.8) is 0 Å². The van der Waals surface area contributed by atoms with Crippen LogP contribution in [0.2, 0.25) is 5.02 Å². The van der Waals surface area contributed by atoms with Crippen LogP contribution in [0, 0.1) is 0 Å². The van der Waals surface area contributed by atoms with Crippen LogP contribution in [-0.2, 0) is 0 Å². The monoisotopic (exact) mass is 368 g/mol. The van der Waals surface area contributed by atoms with E-state index in [0.717, 1.165) is 5.56 Å². The Kier molecular flexibility index (Phi) is 5.15. The molecule has 3 aromatic rings. The number of carboxylic acid groups (broad SMARTS) is 1. The largest absolute Gasteiger partial charge is 0.478 e. The zero-order valence-electron chi connectivity index (χ0n) is 13.3. The summed E-state index contributed by atoms with van der Waals surface area (Å²) in [5.41, 5.74) is 3.72. The SMILES string of the molecule is O=C(O)c1ccc(-c2ccc(/C=N/NC(=O)c3cccc(Cl)c3)o2)cc1. The first-order valence-corrected chi connectivity index (χ1v) is 7.93. The number of carbonyl (C=O) groups is 2. The molecule has 130 valence electrons. The van der Waals surface area contributed by atoms with E-state index >= 15 is 0 Å². The predicted octanol–water partition coefficient (Wildman–Crippen LogP) is 4.06. The Bertz CT molecular complexity index is 977. The van der Waals surface area contributed by atoms with Gasteiger partial charge in [0, 0.05) is 16.1 Å². The van der Waals surface area contributed by atoms with Crippen LogP contribution in [0.15, 0.2) is 70.2 Å². The number of aromatic carboxylic acids is 1. The molecule has 3 rings (SSSR count). The summed E-state index contributed by atoms with van der Waals surface area (Å²) < 4.78 is 5.61. The smallest absolute Gasteiger partial charge is 0.335 e. The van der Waals surface area contributed by atoms with Gasteiger partial charge < -0.3 is 9.52 Å². The van der Waals surface area contributed by atoms with E-state index in [-0.39, 0.29) is 11.5 Å². The van der Waals surface area contributed by atoms with E-state index in [2.05, 4.69) is 10.5 Å². The van der Waals surface area contributed by atoms with E-state index in [1.165, 1.54) is 24.4 Å². The zero-order valence-corrected chi connectivity index (χ0v) is 14.1. The maximum absolute atomic E-state index is 11.9. The lowest BCUT2D eigenvalue weighted by Crippen LogP contribution is -2.17. The van der Waals surface area contributed by atoms with Gasteiger partial charge in [0.1, 0.15) is 11.5 Å². The first-order chi connectivity index (χ1) is 12.5. The number of hydrazone groups is 1. The van der Waals surface area contributed by atoms with Crippen molar-refractivity contribution in [2.24, 2.45) is 5.10 Å². The van der Waals surface area contributed by atoms with E-state index < -0.39 is 5.97 Å². The third kappa shape index (κ3) is 4.17. The summed E-state index contributed by atoms with van der Waals surface area (Å²) in [6.07, 6.45) is 1.37. The molecule has 2 aromatic carbocycles. The fourth-order valence-corrected chi connectivity index (χ4v) is 2.39. The van der Waals surface area contributed by atoms with E-state index in [1.807, 2.05) is 0 Å². The highest BCUT2D eigenvalue weighted by atomic mass is 35.5. The number of benzene rings is 2. The Labute approximate surface area is 153 Å². The first-order valence-electron chi connectivity index (χ1n) is 7.55. The predicted molar refractivity (Wildman–Crippen MR) is 97.6 cm³/mol. The molecule has 0 radical (unpaired) electrons. The Hall–Kier alpha value is -3.38. The molecule has 7 heteroatoms. The van der Waals surface area contributed by atoms with Gasteiger partial charge in [0.25, 0.3) is 5.91 Å². The summed E-state index contributed by atoms with van der Waals surface area (Å²) in [6.45, 7) is 0. The van der Waals surface area contributed by atoms with Crippen LogP contribution in [0.25, 0.3) is 11.3 Å². The number of carboxylic acids is 1. The minimum absolute atomic E-state index is 0.200. The van der Waals surface area contributed by atoms with E-state index in [9.17, 15) is 9.59 Å². The lowest BCUT2D eigenvalue weighted by atomic mass is 10.1. The van der Waals surface area contributed by atoms with Crippen molar-refractivity contribution in [3.8, 4) is 11.3 Å². The third-order valence-electron chi connectivity index (χ3n) is 3.49. The number of hydrogen-bond acceptors (Lipinski definition) is 4. The van der Waals surface area contributed by atoms with Gasteiger partial charge in [-0.1, -0.05) is 29.8 Å². The van der Waals surface area contributed by atoms with Crippen molar-refractivity contribution in [1.82, 2.24) is 5.43 Å². The highest BCUT2D eigenvalue weighted by Gasteiger charge is 2.07. The van der Waals surface area contributed by atoms with Gasteiger partial charge in [-0.3, -0.25) is 4.79 Å². The standard InChI is InChI=1S/C19H13ClN2O4/c20-15-3-1-2-14(10-15)18(23)22-21-11-16-8-9-17(26-16)12-4-6-13(7-5-12)19(24)25/h1-11H,(H,22,23)(H,24,25)/b21-11+.